The highest BCUT2D eigenvalue weighted by Gasteiger charge is 2.78. The molecule has 1 heterocycles. The summed E-state index contributed by atoms with van der Waals surface area (Å²) in [6.45, 7) is 5.65. The van der Waals surface area contributed by atoms with Crippen LogP contribution in [0, 0.1) is 5.92 Å². The van der Waals surface area contributed by atoms with E-state index < -0.39 is 55.6 Å². The molecule has 1 amide bonds. The van der Waals surface area contributed by atoms with Crippen LogP contribution in [0.1, 0.15) is 158 Å². The largest absolute Gasteiger partial charge is 0.497 e. The van der Waals surface area contributed by atoms with Gasteiger partial charge in [-0.25, -0.2) is 9.36 Å². The van der Waals surface area contributed by atoms with Gasteiger partial charge < -0.3 is 54.1 Å². The van der Waals surface area contributed by atoms with E-state index in [0.717, 1.165) is 25.0 Å². The maximum atomic E-state index is 13.0. The average Bonchev–Trinajstić information content (AvgIpc) is 3.92. The van der Waals surface area contributed by atoms with Gasteiger partial charge in [0, 0.05) is 29.8 Å². The standard InChI is InChI=1S/C58H89N2O14PS2/c1-56(2,77-76-39-27-20-18-16-14-12-10-8-7-9-11-13-15-17-19-25-37-72-75(67,68)73-38-35-60(3,4)5)43-71-55(65)59-34-24-26-36-70-48-40-45(42-61)51-49(41-48)74-58(46-30-32-47(69-6)33-31-46)52(44-28-22-21-23-29-44)50(54(63)64)53(62)57(51,58)66/h21-23,28-33,40-41,50,52-53,61-62,66H,7-20,24-27,34-39,42-43H2,1-6H3,(H2-,59,63,64,65,67,68)/p+1/t50-,52-,53-,57+,58+/m1/s1. The summed E-state index contributed by atoms with van der Waals surface area (Å²) in [5.41, 5.74) is -2.82. The Labute approximate surface area is 466 Å². The lowest BCUT2D eigenvalue weighted by Gasteiger charge is -2.41. The van der Waals surface area contributed by atoms with Crippen LogP contribution in [0.3, 0.4) is 0 Å². The number of hydrogen-bond acceptors (Lipinski definition) is 14. The number of ether oxygens (including phenoxy) is 4. The molecule has 0 bridgehead atoms. The van der Waals surface area contributed by atoms with Gasteiger partial charge in [-0.15, -0.1) is 0 Å². The number of nitrogens with one attached hydrogen (secondary N) is 1. The van der Waals surface area contributed by atoms with Crippen molar-refractivity contribution in [1.82, 2.24) is 5.32 Å². The molecule has 1 aliphatic heterocycles. The number of carboxylic acid groups (broad SMARTS) is 1. The molecule has 2 aliphatic rings. The maximum absolute atomic E-state index is 13.0. The first-order valence-electron chi connectivity index (χ1n) is 27.8. The molecule has 1 fully saturated rings. The number of nitrogens with zero attached hydrogens (tertiary/aromatic N) is 1. The zero-order valence-electron chi connectivity index (χ0n) is 46.6. The van der Waals surface area contributed by atoms with Crippen LogP contribution in [0.5, 0.6) is 17.2 Å². The van der Waals surface area contributed by atoms with Gasteiger partial charge in [-0.2, -0.15) is 0 Å². The zero-order chi connectivity index (χ0) is 56.0. The summed E-state index contributed by atoms with van der Waals surface area (Å²) in [5.74, 6) is -1.72. The second-order valence-electron chi connectivity index (χ2n) is 22.2. The van der Waals surface area contributed by atoms with Gasteiger partial charge in [0.25, 0.3) is 0 Å². The number of carbonyl (C=O) groups excluding carboxylic acids is 1. The molecule has 6 N–H and O–H groups in total. The number of unbranched alkanes of at least 4 members (excludes halogenated alkanes) is 16. The van der Waals surface area contributed by atoms with Gasteiger partial charge in [-0.1, -0.05) is 154 Å². The Kier molecular flexibility index (Phi) is 26.2. The number of benzene rings is 3. The zero-order valence-corrected chi connectivity index (χ0v) is 49.1. The molecular weight excluding hydrogens is 1040 g/mol. The van der Waals surface area contributed by atoms with Gasteiger partial charge in [-0.3, -0.25) is 13.8 Å². The molecule has 6 atom stereocenters. The lowest BCUT2D eigenvalue weighted by Crippen LogP contribution is -2.52. The number of hydrogen-bond donors (Lipinski definition) is 6. The molecule has 0 aromatic heterocycles. The fraction of sp³-hybridized carbons (Fsp3) is 0.655. The van der Waals surface area contributed by atoms with E-state index in [1.165, 1.54) is 90.6 Å². The number of amides is 1. The molecule has 0 radical (unpaired) electrons. The lowest BCUT2D eigenvalue weighted by molar-refractivity contribution is -0.870. The van der Waals surface area contributed by atoms with Gasteiger partial charge in [0.2, 0.25) is 0 Å². The van der Waals surface area contributed by atoms with E-state index in [2.05, 4.69) is 19.2 Å². The normalized spacial score (nSPS) is 20.7. The minimum absolute atomic E-state index is 0.105. The molecule has 1 unspecified atom stereocenters. The Balaban J connectivity index is 0.893. The molecule has 0 spiro atoms. The van der Waals surface area contributed by atoms with Gasteiger partial charge >= 0.3 is 19.9 Å². The fourth-order valence-corrected chi connectivity index (χ4v) is 13.6. The van der Waals surface area contributed by atoms with Crippen LogP contribution < -0.4 is 19.5 Å². The summed E-state index contributed by atoms with van der Waals surface area (Å²) in [5, 5.41) is 49.0. The number of alkyl carbamates (subject to hydrolysis) is 1. The van der Waals surface area contributed by atoms with Crippen molar-refractivity contribution >= 4 is 41.5 Å². The van der Waals surface area contributed by atoms with Crippen LogP contribution in [0.25, 0.3) is 0 Å². The first kappa shape index (κ1) is 64.3. The highest BCUT2D eigenvalue weighted by Crippen LogP contribution is 2.69. The summed E-state index contributed by atoms with van der Waals surface area (Å²) in [6.07, 6.45) is 18.4. The number of quaternary nitrogens is 1. The minimum atomic E-state index is -3.95. The third kappa shape index (κ3) is 19.0. The van der Waals surface area contributed by atoms with E-state index in [1.807, 2.05) is 31.9 Å². The molecule has 1 aliphatic carbocycles. The molecule has 19 heteroatoms. The van der Waals surface area contributed by atoms with Crippen molar-refractivity contribution in [2.24, 2.45) is 5.92 Å². The highest BCUT2D eigenvalue weighted by molar-refractivity contribution is 8.77. The molecule has 16 nitrogen and oxygen atoms in total. The van der Waals surface area contributed by atoms with Crippen molar-refractivity contribution in [3.8, 4) is 17.2 Å². The Morgan fingerprint density at radius 1 is 0.779 bits per heavy atom. The number of carboxylic acids is 1. The van der Waals surface area contributed by atoms with E-state index in [-0.39, 0.29) is 48.1 Å². The van der Waals surface area contributed by atoms with Crippen LogP contribution in [-0.4, -0.2) is 126 Å². The molecule has 1 saturated carbocycles. The average molecular weight is 1130 g/mol. The van der Waals surface area contributed by atoms with E-state index in [1.54, 1.807) is 77.5 Å². The summed E-state index contributed by atoms with van der Waals surface area (Å²) in [6, 6.07) is 18.8. The Morgan fingerprint density at radius 3 is 1.92 bits per heavy atom. The van der Waals surface area contributed by atoms with E-state index in [9.17, 15) is 39.5 Å². The number of likely N-dealkylation sites (N-methyl/N-ethyl adjacent to an activating group) is 1. The van der Waals surface area contributed by atoms with Crippen molar-refractivity contribution < 1.29 is 72.0 Å². The fourth-order valence-electron chi connectivity index (χ4n) is 10.4. The highest BCUT2D eigenvalue weighted by atomic mass is 33.1. The lowest BCUT2D eigenvalue weighted by atomic mass is 9.70. The Hall–Kier alpha value is -3.55. The summed E-state index contributed by atoms with van der Waals surface area (Å²) in [7, 11) is 7.18. The van der Waals surface area contributed by atoms with E-state index in [0.29, 0.717) is 53.0 Å². The van der Waals surface area contributed by atoms with Crippen molar-refractivity contribution in [2.75, 3.05) is 73.5 Å². The minimum Gasteiger partial charge on any atom is -0.497 e. The number of phosphoric ester groups is 1. The summed E-state index contributed by atoms with van der Waals surface area (Å²) in [4.78, 5) is 35.4. The number of fused-ring (bicyclic) bond motifs is 3. The molecule has 432 valence electrons. The molecule has 0 saturated heterocycles. The van der Waals surface area contributed by atoms with Crippen molar-refractivity contribution in [3.05, 3.63) is 89.0 Å². The SMILES string of the molecule is COc1ccc([C@@]23Oc4cc(OCCCCNC(=O)OCC(C)(C)SSCCCCCCCCCCCCCCCCCCOP(=O)(O)OCC[N+](C)(C)C)cc(CO)c4[C@]2(O)[C@H](O)[C@H](C(=O)O)[C@H]3c2ccccc2)cc1. The Morgan fingerprint density at radius 2 is 1.35 bits per heavy atom. The number of methoxy groups -OCH3 is 1. The third-order valence-corrected chi connectivity index (χ3v) is 18.8. The molecule has 5 rings (SSSR count). The van der Waals surface area contributed by atoms with E-state index >= 15 is 0 Å². The molecule has 77 heavy (non-hydrogen) atoms. The molecule has 3 aromatic rings. The quantitative estimate of drug-likeness (QED) is 0.0135. The van der Waals surface area contributed by atoms with Crippen molar-refractivity contribution in [2.45, 2.75) is 164 Å². The number of phosphoric acid groups is 1. The summed E-state index contributed by atoms with van der Waals surface area (Å²) >= 11 is 0. The second kappa shape index (κ2) is 31.4. The van der Waals surface area contributed by atoms with Crippen LogP contribution in [0.2, 0.25) is 0 Å². The van der Waals surface area contributed by atoms with Crippen LogP contribution in [-0.2, 0) is 41.0 Å². The van der Waals surface area contributed by atoms with Gasteiger partial charge in [-0.05, 0) is 74.4 Å². The van der Waals surface area contributed by atoms with Crippen molar-refractivity contribution in [1.29, 1.82) is 0 Å². The van der Waals surface area contributed by atoms with Crippen LogP contribution in [0.4, 0.5) is 4.79 Å². The Bertz CT molecular complexity index is 2290. The van der Waals surface area contributed by atoms with E-state index in [4.69, 9.17) is 28.0 Å². The predicted molar refractivity (Wildman–Crippen MR) is 305 cm³/mol. The number of aliphatic hydroxyl groups excluding tert-OH is 2. The maximum Gasteiger partial charge on any atom is 0.472 e. The number of rotatable bonds is 39. The first-order chi connectivity index (χ1) is 36.8. The smallest absolute Gasteiger partial charge is 0.472 e. The topological polar surface area (TPSA) is 220 Å². The third-order valence-electron chi connectivity index (χ3n) is 14.4. The van der Waals surface area contributed by atoms with Gasteiger partial charge in [0.15, 0.2) is 11.2 Å². The van der Waals surface area contributed by atoms with Gasteiger partial charge in [0.1, 0.15) is 43.1 Å². The monoisotopic (exact) mass is 1130 g/mol. The number of carbonyl (C=O) groups is 2. The number of aliphatic hydroxyl groups is 3. The summed E-state index contributed by atoms with van der Waals surface area (Å²) < 4.78 is 46.4. The van der Waals surface area contributed by atoms with Gasteiger partial charge in [0.05, 0.1) is 58.7 Å². The second-order valence-corrected chi connectivity index (χ2v) is 26.7. The first-order valence-corrected chi connectivity index (χ1v) is 31.7. The molecular formula is C58H90N2O14PS2+. The predicted octanol–water partition coefficient (Wildman–Crippen LogP) is 11.6. The van der Waals surface area contributed by atoms with Crippen molar-refractivity contribution in [3.63, 3.8) is 0 Å². The number of aliphatic carboxylic acids is 1. The van der Waals surface area contributed by atoms with Crippen LogP contribution >= 0.6 is 29.4 Å². The van der Waals surface area contributed by atoms with Crippen LogP contribution in [0.15, 0.2) is 66.7 Å². The molecule has 3 aromatic carbocycles.